The molecule has 0 fully saturated rings. The molecule has 9 heteroatoms. The molecule has 0 aliphatic rings. The number of methoxy groups -OCH3 is 2. The van der Waals surface area contributed by atoms with Gasteiger partial charge in [0.05, 0.1) is 19.9 Å². The minimum Gasteiger partial charge on any atom is -0.481 e. The summed E-state index contributed by atoms with van der Waals surface area (Å²) in [5.41, 5.74) is 11.3. The lowest BCUT2D eigenvalue weighted by atomic mass is 9.94. The minimum atomic E-state index is -0.380. The van der Waals surface area contributed by atoms with Gasteiger partial charge in [-0.2, -0.15) is 4.99 Å². The normalized spacial score (nSPS) is 10.6. The smallest absolute Gasteiger partial charge is 0.240 e. The zero-order valence-electron chi connectivity index (χ0n) is 23.3. The van der Waals surface area contributed by atoms with Crippen molar-refractivity contribution in [3.05, 3.63) is 83.7 Å². The number of aliphatic imine (C=N–C) groups is 1. The zero-order chi connectivity index (χ0) is 29.4. The maximum Gasteiger partial charge on any atom is 0.240 e. The summed E-state index contributed by atoms with van der Waals surface area (Å²) in [4.78, 5) is 22.5. The number of hydrogen-bond donors (Lipinski definition) is 1. The van der Waals surface area contributed by atoms with Gasteiger partial charge in [-0.3, -0.25) is 0 Å². The molecule has 0 unspecified atom stereocenters. The minimum absolute atomic E-state index is 0.0234. The van der Waals surface area contributed by atoms with E-state index in [1.807, 2.05) is 27.7 Å². The lowest BCUT2D eigenvalue weighted by molar-refractivity contribution is 0.398. The van der Waals surface area contributed by atoms with Crippen LogP contribution in [0.1, 0.15) is 50.7 Å². The summed E-state index contributed by atoms with van der Waals surface area (Å²) in [5.74, 6) is 0.405. The lowest BCUT2D eigenvalue weighted by Crippen LogP contribution is -2.01. The monoisotopic (exact) mass is 546 g/mol. The summed E-state index contributed by atoms with van der Waals surface area (Å²) < 4.78 is 37.8. The molecule has 7 nitrogen and oxygen atoms in total. The first-order valence-corrected chi connectivity index (χ1v) is 12.6. The van der Waals surface area contributed by atoms with E-state index in [0.29, 0.717) is 45.4 Å². The molecule has 0 bridgehead atoms. The molecule has 0 spiro atoms. The molecule has 4 rings (SSSR count). The van der Waals surface area contributed by atoms with Gasteiger partial charge in [0, 0.05) is 41.3 Å². The highest BCUT2D eigenvalue weighted by Crippen LogP contribution is 2.38. The van der Waals surface area contributed by atoms with Gasteiger partial charge < -0.3 is 15.2 Å². The molecular weight excluding hydrogens is 514 g/mol. The van der Waals surface area contributed by atoms with Crippen molar-refractivity contribution in [2.75, 3.05) is 20.0 Å². The summed E-state index contributed by atoms with van der Waals surface area (Å²) in [7, 11) is 3.04. The topological polar surface area (TPSA) is 99.7 Å². The molecule has 2 aromatic carbocycles. The standard InChI is InChI=1S/C16H15FN2O2.C15H17FN2O/c1-10(2)13-7-12(17)8-14(16(13)19-9-20)11-4-5-18-15(6-11)21-3;1-9(2)12-7-11(16)8-13(15(12)17)10-4-5-18-14(6-10)19-3/h4-8,10H,1-3H3;4-9H,17H2,1-3H3. The van der Waals surface area contributed by atoms with Gasteiger partial charge in [-0.1, -0.05) is 27.7 Å². The number of halogens is 2. The van der Waals surface area contributed by atoms with Crippen molar-refractivity contribution in [3.8, 4) is 34.0 Å². The molecule has 2 aromatic heterocycles. The summed E-state index contributed by atoms with van der Waals surface area (Å²) in [5, 5.41) is 0. The molecule has 208 valence electrons. The molecule has 4 aromatic rings. The highest BCUT2D eigenvalue weighted by atomic mass is 19.1. The molecule has 0 amide bonds. The van der Waals surface area contributed by atoms with E-state index in [2.05, 4.69) is 15.0 Å². The van der Waals surface area contributed by atoms with E-state index in [4.69, 9.17) is 15.2 Å². The van der Waals surface area contributed by atoms with Crippen molar-refractivity contribution in [3.63, 3.8) is 0 Å². The predicted molar refractivity (Wildman–Crippen MR) is 153 cm³/mol. The van der Waals surface area contributed by atoms with Crippen LogP contribution >= 0.6 is 0 Å². The first-order chi connectivity index (χ1) is 19.1. The van der Waals surface area contributed by atoms with Crippen LogP contribution in [0.2, 0.25) is 0 Å². The van der Waals surface area contributed by atoms with Crippen LogP contribution in [0.3, 0.4) is 0 Å². The van der Waals surface area contributed by atoms with Crippen LogP contribution in [0.15, 0.2) is 65.9 Å². The Bertz CT molecular complexity index is 1530. The van der Waals surface area contributed by atoms with E-state index >= 15 is 0 Å². The Morgan fingerprint density at radius 1 is 0.775 bits per heavy atom. The van der Waals surface area contributed by atoms with Crippen molar-refractivity contribution in [2.24, 2.45) is 4.99 Å². The average molecular weight is 547 g/mol. The van der Waals surface area contributed by atoms with E-state index in [-0.39, 0.29) is 23.5 Å². The number of aromatic nitrogens is 2. The van der Waals surface area contributed by atoms with Crippen molar-refractivity contribution in [2.45, 2.75) is 39.5 Å². The third kappa shape index (κ3) is 7.07. The molecule has 2 N–H and O–H groups in total. The Kier molecular flexibility index (Phi) is 10.1. The maximum atomic E-state index is 13.9. The molecule has 0 radical (unpaired) electrons. The van der Waals surface area contributed by atoms with Crippen LogP contribution in [0, 0.1) is 11.6 Å². The van der Waals surface area contributed by atoms with Crippen molar-refractivity contribution < 1.29 is 23.0 Å². The third-order valence-electron chi connectivity index (χ3n) is 6.19. The molecule has 0 aliphatic carbocycles. The van der Waals surface area contributed by atoms with E-state index < -0.39 is 0 Å². The summed E-state index contributed by atoms with van der Waals surface area (Å²) in [6.07, 6.45) is 4.72. The van der Waals surface area contributed by atoms with Crippen molar-refractivity contribution in [1.29, 1.82) is 0 Å². The number of carbonyl (C=O) groups excluding carboxylic acids is 1. The molecule has 0 atom stereocenters. The number of nitrogens with two attached hydrogens (primary N) is 1. The van der Waals surface area contributed by atoms with Gasteiger partial charge in [0.15, 0.2) is 0 Å². The van der Waals surface area contributed by atoms with Gasteiger partial charge in [-0.05, 0) is 70.5 Å². The van der Waals surface area contributed by atoms with Gasteiger partial charge in [0.1, 0.15) is 11.6 Å². The number of hydrogen-bond acceptors (Lipinski definition) is 7. The van der Waals surface area contributed by atoms with Gasteiger partial charge in [-0.25, -0.2) is 23.5 Å². The predicted octanol–water partition coefficient (Wildman–Crippen LogP) is 7.59. The van der Waals surface area contributed by atoms with Crippen LogP contribution in [-0.2, 0) is 4.79 Å². The number of isocyanates is 1. The Morgan fingerprint density at radius 2 is 1.25 bits per heavy atom. The fraction of sp³-hybridized carbons (Fsp3) is 0.258. The molecule has 0 aliphatic heterocycles. The van der Waals surface area contributed by atoms with E-state index in [1.54, 1.807) is 49.8 Å². The SMILES string of the molecule is COc1cc(-c2cc(F)cc(C(C)C)c2N)ccn1.COc1cc(-c2cc(F)cc(C(C)C)c2N=C=O)ccn1. The number of anilines is 1. The molecule has 0 saturated carbocycles. The highest BCUT2D eigenvalue weighted by Gasteiger charge is 2.16. The largest absolute Gasteiger partial charge is 0.481 e. The second-order valence-corrected chi connectivity index (χ2v) is 9.53. The van der Waals surface area contributed by atoms with Crippen LogP contribution in [0.5, 0.6) is 11.8 Å². The quantitative estimate of drug-likeness (QED) is 0.146. The first kappa shape index (κ1) is 29.9. The molecule has 2 heterocycles. The van der Waals surface area contributed by atoms with Crippen molar-refractivity contribution >= 4 is 17.5 Å². The number of benzene rings is 2. The number of nitrogen functional groups attached to an aromatic ring is 1. The number of ether oxygens (including phenoxy) is 2. The Labute approximate surface area is 232 Å². The first-order valence-electron chi connectivity index (χ1n) is 12.6. The fourth-order valence-electron chi connectivity index (χ4n) is 4.18. The summed E-state index contributed by atoms with van der Waals surface area (Å²) in [6.45, 7) is 7.80. The summed E-state index contributed by atoms with van der Waals surface area (Å²) in [6, 6.07) is 12.6. The summed E-state index contributed by atoms with van der Waals surface area (Å²) >= 11 is 0. The van der Waals surface area contributed by atoms with Gasteiger partial charge in [0.2, 0.25) is 17.8 Å². The Balaban J connectivity index is 0.000000222. The second kappa shape index (κ2) is 13.4. The molecular formula is C31H32F2N4O3. The Morgan fingerprint density at radius 3 is 1.73 bits per heavy atom. The van der Waals surface area contributed by atoms with E-state index in [0.717, 1.165) is 11.1 Å². The van der Waals surface area contributed by atoms with E-state index in [1.165, 1.54) is 31.4 Å². The molecule has 40 heavy (non-hydrogen) atoms. The highest BCUT2D eigenvalue weighted by molar-refractivity contribution is 5.81. The third-order valence-corrected chi connectivity index (χ3v) is 6.19. The van der Waals surface area contributed by atoms with Crippen LogP contribution < -0.4 is 15.2 Å². The zero-order valence-corrected chi connectivity index (χ0v) is 23.3. The Hall–Kier alpha value is -4.62. The fourth-order valence-corrected chi connectivity index (χ4v) is 4.18. The van der Waals surface area contributed by atoms with Gasteiger partial charge in [0.25, 0.3) is 0 Å². The number of pyridine rings is 2. The van der Waals surface area contributed by atoms with Crippen LogP contribution in [0.25, 0.3) is 22.3 Å². The van der Waals surface area contributed by atoms with Crippen LogP contribution in [0.4, 0.5) is 20.2 Å². The van der Waals surface area contributed by atoms with Gasteiger partial charge in [-0.15, -0.1) is 0 Å². The van der Waals surface area contributed by atoms with Crippen molar-refractivity contribution in [1.82, 2.24) is 9.97 Å². The number of rotatable bonds is 7. The lowest BCUT2D eigenvalue weighted by Gasteiger charge is -2.14. The van der Waals surface area contributed by atoms with E-state index in [9.17, 15) is 13.6 Å². The average Bonchev–Trinajstić information content (AvgIpc) is 2.95. The second-order valence-electron chi connectivity index (χ2n) is 9.53. The number of nitrogens with zero attached hydrogens (tertiary/aromatic N) is 3. The molecule has 0 saturated heterocycles. The van der Waals surface area contributed by atoms with Gasteiger partial charge >= 0.3 is 0 Å². The maximum absolute atomic E-state index is 13.9. The van der Waals surface area contributed by atoms with Crippen LogP contribution in [-0.4, -0.2) is 30.3 Å².